The van der Waals surface area contributed by atoms with Crippen LogP contribution in [0.25, 0.3) is 0 Å². The van der Waals surface area contributed by atoms with Gasteiger partial charge in [-0.05, 0) is 37.6 Å². The van der Waals surface area contributed by atoms with Crippen LogP contribution in [0.3, 0.4) is 0 Å². The number of benzene rings is 1. The summed E-state index contributed by atoms with van der Waals surface area (Å²) >= 11 is 6.28. The SMILES string of the molecule is CCCCCC(NC)c1ccc(C)cc1Cl. The molecule has 1 N–H and O–H groups in total. The lowest BCUT2D eigenvalue weighted by Crippen LogP contribution is -2.16. The molecule has 0 aliphatic carbocycles. The number of aryl methyl sites for hydroxylation is 1. The number of hydrogen-bond donors (Lipinski definition) is 1. The molecule has 0 saturated heterocycles. The first-order valence-electron chi connectivity index (χ1n) is 6.12. The molecule has 0 amide bonds. The zero-order valence-corrected chi connectivity index (χ0v) is 11.3. The maximum Gasteiger partial charge on any atom is 0.0456 e. The Morgan fingerprint density at radius 1 is 1.31 bits per heavy atom. The number of nitrogens with one attached hydrogen (secondary N) is 1. The van der Waals surface area contributed by atoms with Crippen molar-refractivity contribution in [2.75, 3.05) is 7.05 Å². The second kappa shape index (κ2) is 6.93. The Morgan fingerprint density at radius 3 is 2.62 bits per heavy atom. The summed E-state index contributed by atoms with van der Waals surface area (Å²) < 4.78 is 0. The van der Waals surface area contributed by atoms with Gasteiger partial charge in [-0.15, -0.1) is 0 Å². The van der Waals surface area contributed by atoms with Gasteiger partial charge in [0.2, 0.25) is 0 Å². The highest BCUT2D eigenvalue weighted by molar-refractivity contribution is 6.31. The van der Waals surface area contributed by atoms with Gasteiger partial charge in [-0.1, -0.05) is 49.9 Å². The van der Waals surface area contributed by atoms with Crippen LogP contribution in [0.5, 0.6) is 0 Å². The summed E-state index contributed by atoms with van der Waals surface area (Å²) in [6.07, 6.45) is 4.97. The van der Waals surface area contributed by atoms with Gasteiger partial charge in [0.15, 0.2) is 0 Å². The standard InChI is InChI=1S/C14H22ClN/c1-4-5-6-7-14(16-3)12-9-8-11(2)10-13(12)15/h8-10,14,16H,4-7H2,1-3H3. The van der Waals surface area contributed by atoms with E-state index < -0.39 is 0 Å². The van der Waals surface area contributed by atoms with Crippen molar-refractivity contribution in [3.8, 4) is 0 Å². The van der Waals surface area contributed by atoms with E-state index in [4.69, 9.17) is 11.6 Å². The molecule has 0 radical (unpaired) electrons. The third kappa shape index (κ3) is 3.80. The van der Waals surface area contributed by atoms with Crippen molar-refractivity contribution in [1.29, 1.82) is 0 Å². The maximum absolute atomic E-state index is 6.28. The van der Waals surface area contributed by atoms with Crippen molar-refractivity contribution < 1.29 is 0 Å². The van der Waals surface area contributed by atoms with Crippen LogP contribution in [0, 0.1) is 6.92 Å². The normalized spacial score (nSPS) is 12.8. The quantitative estimate of drug-likeness (QED) is 0.722. The summed E-state index contributed by atoms with van der Waals surface area (Å²) in [5.41, 5.74) is 2.45. The molecule has 1 aromatic rings. The molecule has 0 aliphatic heterocycles. The van der Waals surface area contributed by atoms with E-state index in [0.29, 0.717) is 6.04 Å². The molecular formula is C14H22ClN. The van der Waals surface area contributed by atoms with E-state index in [2.05, 4.69) is 31.3 Å². The van der Waals surface area contributed by atoms with Gasteiger partial charge in [0.25, 0.3) is 0 Å². The van der Waals surface area contributed by atoms with E-state index >= 15 is 0 Å². The van der Waals surface area contributed by atoms with E-state index in [1.807, 2.05) is 13.1 Å². The molecule has 0 heterocycles. The molecule has 2 heteroatoms. The lowest BCUT2D eigenvalue weighted by atomic mass is 9.99. The Kier molecular flexibility index (Phi) is 5.86. The van der Waals surface area contributed by atoms with Crippen LogP contribution in [0.1, 0.15) is 49.8 Å². The topological polar surface area (TPSA) is 12.0 Å². The van der Waals surface area contributed by atoms with Gasteiger partial charge < -0.3 is 5.32 Å². The van der Waals surface area contributed by atoms with Gasteiger partial charge in [-0.25, -0.2) is 0 Å². The van der Waals surface area contributed by atoms with Crippen LogP contribution < -0.4 is 5.32 Å². The third-order valence-corrected chi connectivity index (χ3v) is 3.30. The molecule has 90 valence electrons. The highest BCUT2D eigenvalue weighted by Crippen LogP contribution is 2.27. The number of hydrogen-bond acceptors (Lipinski definition) is 1. The van der Waals surface area contributed by atoms with E-state index in [1.54, 1.807) is 0 Å². The molecule has 1 atom stereocenters. The van der Waals surface area contributed by atoms with E-state index in [-0.39, 0.29) is 0 Å². The molecule has 16 heavy (non-hydrogen) atoms. The largest absolute Gasteiger partial charge is 0.313 e. The summed E-state index contributed by atoms with van der Waals surface area (Å²) in [7, 11) is 2.01. The zero-order chi connectivity index (χ0) is 12.0. The Bertz CT molecular complexity index is 323. The van der Waals surface area contributed by atoms with Crippen molar-refractivity contribution in [2.24, 2.45) is 0 Å². The van der Waals surface area contributed by atoms with Crippen molar-refractivity contribution in [3.63, 3.8) is 0 Å². The highest BCUT2D eigenvalue weighted by atomic mass is 35.5. The number of unbranched alkanes of at least 4 members (excludes halogenated alkanes) is 2. The Hall–Kier alpha value is -0.530. The molecule has 1 aromatic carbocycles. The smallest absolute Gasteiger partial charge is 0.0456 e. The summed E-state index contributed by atoms with van der Waals surface area (Å²) in [5, 5.41) is 4.24. The van der Waals surface area contributed by atoms with E-state index in [1.165, 1.54) is 30.4 Å². The summed E-state index contributed by atoms with van der Waals surface area (Å²) in [4.78, 5) is 0. The molecule has 0 bridgehead atoms. The summed E-state index contributed by atoms with van der Waals surface area (Å²) in [5.74, 6) is 0. The third-order valence-electron chi connectivity index (χ3n) is 2.98. The monoisotopic (exact) mass is 239 g/mol. The van der Waals surface area contributed by atoms with Gasteiger partial charge >= 0.3 is 0 Å². The van der Waals surface area contributed by atoms with Crippen LogP contribution in [0.15, 0.2) is 18.2 Å². The van der Waals surface area contributed by atoms with Crippen molar-refractivity contribution in [2.45, 2.75) is 45.6 Å². The van der Waals surface area contributed by atoms with Gasteiger partial charge in [0.05, 0.1) is 0 Å². The molecule has 1 rings (SSSR count). The van der Waals surface area contributed by atoms with E-state index in [9.17, 15) is 0 Å². The van der Waals surface area contributed by atoms with Crippen molar-refractivity contribution >= 4 is 11.6 Å². The maximum atomic E-state index is 6.28. The Balaban J connectivity index is 2.70. The zero-order valence-electron chi connectivity index (χ0n) is 10.5. The fraction of sp³-hybridized carbons (Fsp3) is 0.571. The van der Waals surface area contributed by atoms with Gasteiger partial charge in [0.1, 0.15) is 0 Å². The van der Waals surface area contributed by atoms with Crippen LogP contribution in [-0.4, -0.2) is 7.05 Å². The van der Waals surface area contributed by atoms with Crippen LogP contribution in [0.2, 0.25) is 5.02 Å². The molecule has 0 spiro atoms. The summed E-state index contributed by atoms with van der Waals surface area (Å²) in [6.45, 7) is 4.30. The minimum atomic E-state index is 0.389. The predicted molar refractivity (Wildman–Crippen MR) is 72.1 cm³/mol. The molecule has 0 aliphatic rings. The average molecular weight is 240 g/mol. The molecule has 0 fully saturated rings. The van der Waals surface area contributed by atoms with Crippen molar-refractivity contribution in [3.05, 3.63) is 34.3 Å². The lowest BCUT2D eigenvalue weighted by molar-refractivity contribution is 0.512. The molecular weight excluding hydrogens is 218 g/mol. The minimum Gasteiger partial charge on any atom is -0.313 e. The second-order valence-electron chi connectivity index (χ2n) is 4.36. The number of halogens is 1. The fourth-order valence-electron chi connectivity index (χ4n) is 1.97. The first kappa shape index (κ1) is 13.5. The van der Waals surface area contributed by atoms with Crippen LogP contribution in [-0.2, 0) is 0 Å². The molecule has 0 aromatic heterocycles. The fourth-order valence-corrected chi connectivity index (χ4v) is 2.34. The van der Waals surface area contributed by atoms with Crippen molar-refractivity contribution in [1.82, 2.24) is 5.32 Å². The van der Waals surface area contributed by atoms with E-state index in [0.717, 1.165) is 11.4 Å². The minimum absolute atomic E-state index is 0.389. The molecule has 1 unspecified atom stereocenters. The predicted octanol–water partition coefficient (Wildman–Crippen LogP) is 4.49. The van der Waals surface area contributed by atoms with Gasteiger partial charge in [-0.2, -0.15) is 0 Å². The molecule has 0 saturated carbocycles. The first-order valence-corrected chi connectivity index (χ1v) is 6.50. The Morgan fingerprint density at radius 2 is 2.06 bits per heavy atom. The van der Waals surface area contributed by atoms with Crippen LogP contribution in [0.4, 0.5) is 0 Å². The second-order valence-corrected chi connectivity index (χ2v) is 4.77. The van der Waals surface area contributed by atoms with Gasteiger partial charge in [0, 0.05) is 11.1 Å². The molecule has 1 nitrogen and oxygen atoms in total. The Labute approximate surface area is 104 Å². The van der Waals surface area contributed by atoms with Gasteiger partial charge in [-0.3, -0.25) is 0 Å². The average Bonchev–Trinajstić information content (AvgIpc) is 2.26. The summed E-state index contributed by atoms with van der Waals surface area (Å²) in [6, 6.07) is 6.71. The number of rotatable bonds is 6. The first-order chi connectivity index (χ1) is 7.69. The van der Waals surface area contributed by atoms with Crippen LogP contribution >= 0.6 is 11.6 Å². The highest BCUT2D eigenvalue weighted by Gasteiger charge is 2.12. The lowest BCUT2D eigenvalue weighted by Gasteiger charge is -2.18.